The number of nitrogens with zero attached hydrogens (tertiary/aromatic N) is 3. The number of hydrogen-bond donors (Lipinski definition) is 2. The van der Waals surface area contributed by atoms with E-state index in [2.05, 4.69) is 25.3 Å². The van der Waals surface area contributed by atoms with Gasteiger partial charge in [-0.1, -0.05) is 12.1 Å². The zero-order chi connectivity index (χ0) is 18.1. The van der Waals surface area contributed by atoms with E-state index < -0.39 is 11.9 Å². The molecule has 26 heavy (non-hydrogen) atoms. The largest absolute Gasteiger partial charge is 0.433 e. The number of aromatic amines is 1. The first-order valence-electron chi connectivity index (χ1n) is 7.70. The molecule has 3 aromatic heterocycles. The Hall–Kier alpha value is -3.42. The molecule has 0 fully saturated rings. The smallest absolute Gasteiger partial charge is 0.345 e. The maximum Gasteiger partial charge on any atom is 0.433 e. The lowest BCUT2D eigenvalue weighted by Crippen LogP contribution is -2.09. The average Bonchev–Trinajstić information content (AvgIpc) is 3.09. The SMILES string of the molecule is FC(F)(F)c1cccc(Nc2cc(-c3ccc4nc[nH]c4c3)ccn2)n1. The lowest BCUT2D eigenvalue weighted by Gasteiger charge is -2.10. The number of hydrogen-bond acceptors (Lipinski definition) is 4. The number of rotatable bonds is 3. The van der Waals surface area contributed by atoms with E-state index in [-0.39, 0.29) is 5.82 Å². The van der Waals surface area contributed by atoms with Crippen LogP contribution in [-0.4, -0.2) is 19.9 Å². The van der Waals surface area contributed by atoms with Gasteiger partial charge in [0.05, 0.1) is 17.4 Å². The molecule has 0 aliphatic rings. The fourth-order valence-corrected chi connectivity index (χ4v) is 2.59. The van der Waals surface area contributed by atoms with Crippen molar-refractivity contribution in [3.05, 3.63) is 66.7 Å². The number of nitrogens with one attached hydrogen (secondary N) is 2. The highest BCUT2D eigenvalue weighted by atomic mass is 19.4. The van der Waals surface area contributed by atoms with Crippen LogP contribution < -0.4 is 5.32 Å². The summed E-state index contributed by atoms with van der Waals surface area (Å²) in [6.45, 7) is 0. The van der Waals surface area contributed by atoms with Gasteiger partial charge in [-0.2, -0.15) is 13.2 Å². The number of anilines is 2. The summed E-state index contributed by atoms with van der Waals surface area (Å²) < 4.78 is 38.3. The summed E-state index contributed by atoms with van der Waals surface area (Å²) >= 11 is 0. The fourth-order valence-electron chi connectivity index (χ4n) is 2.59. The molecule has 0 saturated carbocycles. The second kappa shape index (κ2) is 6.14. The van der Waals surface area contributed by atoms with Crippen molar-refractivity contribution in [2.24, 2.45) is 0 Å². The van der Waals surface area contributed by atoms with Crippen molar-refractivity contribution in [1.29, 1.82) is 0 Å². The van der Waals surface area contributed by atoms with Gasteiger partial charge in [0.1, 0.15) is 17.3 Å². The second-order valence-electron chi connectivity index (χ2n) is 5.60. The van der Waals surface area contributed by atoms with Crippen LogP contribution in [0.1, 0.15) is 5.69 Å². The lowest BCUT2D eigenvalue weighted by molar-refractivity contribution is -0.141. The molecule has 0 saturated heterocycles. The zero-order valence-electron chi connectivity index (χ0n) is 13.2. The highest BCUT2D eigenvalue weighted by Gasteiger charge is 2.32. The lowest BCUT2D eigenvalue weighted by atomic mass is 10.1. The molecule has 0 spiro atoms. The predicted molar refractivity (Wildman–Crippen MR) is 91.8 cm³/mol. The van der Waals surface area contributed by atoms with E-state index in [1.54, 1.807) is 18.6 Å². The Labute approximate surface area is 146 Å². The summed E-state index contributed by atoms with van der Waals surface area (Å²) in [7, 11) is 0. The van der Waals surface area contributed by atoms with E-state index >= 15 is 0 Å². The Morgan fingerprint density at radius 2 is 1.73 bits per heavy atom. The zero-order valence-corrected chi connectivity index (χ0v) is 13.2. The van der Waals surface area contributed by atoms with Crippen molar-refractivity contribution in [2.45, 2.75) is 6.18 Å². The van der Waals surface area contributed by atoms with Crippen LogP contribution in [0.4, 0.5) is 24.8 Å². The third-order valence-corrected chi connectivity index (χ3v) is 3.81. The molecule has 4 aromatic rings. The van der Waals surface area contributed by atoms with Crippen LogP contribution in [0, 0.1) is 0 Å². The van der Waals surface area contributed by atoms with Gasteiger partial charge < -0.3 is 10.3 Å². The number of halogens is 3. The average molecular weight is 355 g/mol. The van der Waals surface area contributed by atoms with Crippen LogP contribution in [0.2, 0.25) is 0 Å². The number of alkyl halides is 3. The maximum absolute atomic E-state index is 12.8. The van der Waals surface area contributed by atoms with Gasteiger partial charge in [-0.15, -0.1) is 0 Å². The van der Waals surface area contributed by atoms with E-state index in [0.717, 1.165) is 28.2 Å². The molecule has 0 unspecified atom stereocenters. The Kier molecular flexibility index (Phi) is 3.80. The molecule has 5 nitrogen and oxygen atoms in total. The first-order valence-corrected chi connectivity index (χ1v) is 7.70. The molecule has 0 bridgehead atoms. The number of aromatic nitrogens is 4. The van der Waals surface area contributed by atoms with Crippen LogP contribution in [0.15, 0.2) is 61.1 Å². The molecule has 0 atom stereocenters. The van der Waals surface area contributed by atoms with E-state index in [1.807, 2.05) is 24.3 Å². The molecule has 2 N–H and O–H groups in total. The number of fused-ring (bicyclic) bond motifs is 1. The van der Waals surface area contributed by atoms with Crippen molar-refractivity contribution in [1.82, 2.24) is 19.9 Å². The van der Waals surface area contributed by atoms with Crippen LogP contribution in [0.25, 0.3) is 22.2 Å². The maximum atomic E-state index is 12.8. The van der Waals surface area contributed by atoms with E-state index in [4.69, 9.17) is 0 Å². The monoisotopic (exact) mass is 355 g/mol. The molecule has 8 heteroatoms. The Balaban J connectivity index is 1.64. The van der Waals surface area contributed by atoms with Gasteiger partial charge in [0, 0.05) is 6.20 Å². The quantitative estimate of drug-likeness (QED) is 0.555. The Morgan fingerprint density at radius 3 is 2.58 bits per heavy atom. The standard InChI is InChI=1S/C18H12F3N5/c19-18(20,21)15-2-1-3-16(25-15)26-17-9-12(6-7-22-17)11-4-5-13-14(8-11)24-10-23-13/h1-10H,(H,23,24)(H,22,25,26). The van der Waals surface area contributed by atoms with Crippen LogP contribution in [-0.2, 0) is 6.18 Å². The van der Waals surface area contributed by atoms with Gasteiger partial charge in [0.2, 0.25) is 0 Å². The molecule has 4 rings (SSSR count). The molecule has 0 amide bonds. The minimum Gasteiger partial charge on any atom is -0.345 e. The normalized spacial score (nSPS) is 11.7. The van der Waals surface area contributed by atoms with Gasteiger partial charge >= 0.3 is 6.18 Å². The van der Waals surface area contributed by atoms with Crippen LogP contribution in [0.5, 0.6) is 0 Å². The van der Waals surface area contributed by atoms with E-state index in [9.17, 15) is 13.2 Å². The first-order chi connectivity index (χ1) is 12.5. The van der Waals surface area contributed by atoms with E-state index in [1.165, 1.54) is 12.1 Å². The molecule has 0 aliphatic carbocycles. The van der Waals surface area contributed by atoms with Crippen molar-refractivity contribution >= 4 is 22.7 Å². The summed E-state index contributed by atoms with van der Waals surface area (Å²) in [6.07, 6.45) is -1.29. The summed E-state index contributed by atoms with van der Waals surface area (Å²) in [6, 6.07) is 13.0. The minimum absolute atomic E-state index is 0.0773. The van der Waals surface area contributed by atoms with Crippen molar-refractivity contribution in [2.75, 3.05) is 5.32 Å². The Morgan fingerprint density at radius 1 is 0.885 bits per heavy atom. The molecule has 0 radical (unpaired) electrons. The molecular formula is C18H12F3N5. The number of H-pyrrole nitrogens is 1. The van der Waals surface area contributed by atoms with Crippen molar-refractivity contribution in [3.8, 4) is 11.1 Å². The molecular weight excluding hydrogens is 343 g/mol. The number of pyridine rings is 2. The fraction of sp³-hybridized carbons (Fsp3) is 0.0556. The van der Waals surface area contributed by atoms with Gasteiger partial charge in [-0.05, 0) is 47.5 Å². The van der Waals surface area contributed by atoms with Crippen molar-refractivity contribution in [3.63, 3.8) is 0 Å². The van der Waals surface area contributed by atoms with Crippen molar-refractivity contribution < 1.29 is 13.2 Å². The Bertz CT molecular complexity index is 1070. The van der Waals surface area contributed by atoms with Crippen LogP contribution >= 0.6 is 0 Å². The summed E-state index contributed by atoms with van der Waals surface area (Å²) in [5, 5.41) is 2.82. The highest BCUT2D eigenvalue weighted by molar-refractivity contribution is 5.82. The molecule has 3 heterocycles. The van der Waals surface area contributed by atoms with Gasteiger partial charge in [0.25, 0.3) is 0 Å². The predicted octanol–water partition coefficient (Wildman–Crippen LogP) is 4.78. The first kappa shape index (κ1) is 16.1. The number of imidazole rings is 1. The van der Waals surface area contributed by atoms with Gasteiger partial charge in [-0.3, -0.25) is 0 Å². The summed E-state index contributed by atoms with van der Waals surface area (Å²) in [5.74, 6) is 0.479. The molecule has 130 valence electrons. The third-order valence-electron chi connectivity index (χ3n) is 3.81. The third kappa shape index (κ3) is 3.21. The minimum atomic E-state index is -4.49. The van der Waals surface area contributed by atoms with Crippen LogP contribution in [0.3, 0.4) is 0 Å². The summed E-state index contributed by atoms with van der Waals surface area (Å²) in [5.41, 5.74) is 2.60. The highest BCUT2D eigenvalue weighted by Crippen LogP contribution is 2.29. The van der Waals surface area contributed by atoms with E-state index in [0.29, 0.717) is 5.82 Å². The molecule has 1 aromatic carbocycles. The summed E-state index contributed by atoms with van der Waals surface area (Å²) in [4.78, 5) is 15.0. The second-order valence-corrected chi connectivity index (χ2v) is 5.60. The topological polar surface area (TPSA) is 66.5 Å². The van der Waals surface area contributed by atoms with Gasteiger partial charge in [-0.25, -0.2) is 15.0 Å². The molecule has 0 aliphatic heterocycles. The van der Waals surface area contributed by atoms with Gasteiger partial charge in [0.15, 0.2) is 0 Å². The number of benzene rings is 1.